The van der Waals surface area contributed by atoms with Gasteiger partial charge < -0.3 is 10.1 Å². The van der Waals surface area contributed by atoms with Crippen LogP contribution in [0.3, 0.4) is 0 Å². The zero-order valence-corrected chi connectivity index (χ0v) is 11.7. The lowest BCUT2D eigenvalue weighted by Crippen LogP contribution is -2.06. The summed E-state index contributed by atoms with van der Waals surface area (Å²) in [5.41, 5.74) is 0. The van der Waals surface area contributed by atoms with Crippen molar-refractivity contribution < 1.29 is 4.74 Å². The second kappa shape index (κ2) is 5.29. The molecule has 0 bridgehead atoms. The second-order valence-electron chi connectivity index (χ2n) is 4.17. The predicted molar refractivity (Wildman–Crippen MR) is 73.4 cm³/mol. The summed E-state index contributed by atoms with van der Waals surface area (Å²) >= 11 is 3.31. The molecule has 0 radical (unpaired) electrons. The van der Waals surface area contributed by atoms with E-state index in [0.717, 1.165) is 21.6 Å². The maximum Gasteiger partial charge on any atom is 0.206 e. The van der Waals surface area contributed by atoms with Gasteiger partial charge in [-0.2, -0.15) is 0 Å². The van der Waals surface area contributed by atoms with E-state index in [1.807, 2.05) is 6.20 Å². The number of nitrogens with one attached hydrogen (secondary N) is 1. The molecule has 0 amide bonds. The third-order valence-corrected chi connectivity index (χ3v) is 4.88. The molecule has 1 fully saturated rings. The van der Waals surface area contributed by atoms with Crippen molar-refractivity contribution in [3.8, 4) is 9.88 Å². The zero-order valence-electron chi connectivity index (χ0n) is 10.0. The lowest BCUT2D eigenvalue weighted by atomic mass is 10.5. The summed E-state index contributed by atoms with van der Waals surface area (Å²) in [5, 5.41) is 14.5. The topological polar surface area (TPSA) is 59.9 Å². The molecule has 0 unspecified atom stereocenters. The summed E-state index contributed by atoms with van der Waals surface area (Å²) in [5.74, 6) is 0.705. The fourth-order valence-electron chi connectivity index (χ4n) is 1.56. The molecule has 1 aliphatic rings. The smallest absolute Gasteiger partial charge is 0.206 e. The van der Waals surface area contributed by atoms with Crippen molar-refractivity contribution in [1.29, 1.82) is 0 Å². The average molecular weight is 282 g/mol. The molecule has 0 spiro atoms. The molecule has 0 atom stereocenters. The van der Waals surface area contributed by atoms with Gasteiger partial charge in [0.25, 0.3) is 0 Å². The van der Waals surface area contributed by atoms with E-state index < -0.39 is 0 Å². The summed E-state index contributed by atoms with van der Waals surface area (Å²) in [6.07, 6.45) is 4.48. The Kier molecular flexibility index (Phi) is 3.53. The minimum Gasteiger partial charge on any atom is -0.383 e. The molecule has 96 valence electrons. The second-order valence-corrected chi connectivity index (χ2v) is 6.21. The summed E-state index contributed by atoms with van der Waals surface area (Å²) in [4.78, 5) is 5.58. The van der Waals surface area contributed by atoms with Crippen molar-refractivity contribution in [2.75, 3.05) is 25.6 Å². The summed E-state index contributed by atoms with van der Waals surface area (Å²) in [6.45, 7) is 1.42. The predicted octanol–water partition coefficient (Wildman–Crippen LogP) is 2.60. The molecule has 1 N–H and O–H groups in total. The van der Waals surface area contributed by atoms with E-state index in [9.17, 15) is 0 Å². The molecule has 3 rings (SSSR count). The highest BCUT2D eigenvalue weighted by molar-refractivity contribution is 7.23. The molecule has 1 saturated carbocycles. The molecule has 2 aromatic rings. The number of hydrogen-bond acceptors (Lipinski definition) is 7. The van der Waals surface area contributed by atoms with Crippen molar-refractivity contribution in [2.24, 2.45) is 0 Å². The van der Waals surface area contributed by atoms with Gasteiger partial charge >= 0.3 is 0 Å². The number of ether oxygens (including phenoxy) is 1. The Bertz CT molecular complexity index is 521. The maximum absolute atomic E-state index is 4.98. The van der Waals surface area contributed by atoms with Crippen LogP contribution in [0, 0.1) is 0 Å². The van der Waals surface area contributed by atoms with E-state index in [1.165, 1.54) is 17.8 Å². The van der Waals surface area contributed by atoms with E-state index in [-0.39, 0.29) is 0 Å². The SMILES string of the molecule is COCCNc1nnc(-c2cnc(C3CC3)s2)s1. The first-order chi connectivity index (χ1) is 8.86. The molecule has 7 heteroatoms. The van der Waals surface area contributed by atoms with Gasteiger partial charge in [-0.25, -0.2) is 4.98 Å². The van der Waals surface area contributed by atoms with E-state index in [1.54, 1.807) is 29.8 Å². The van der Waals surface area contributed by atoms with Crippen LogP contribution in [0.1, 0.15) is 23.8 Å². The van der Waals surface area contributed by atoms with Gasteiger partial charge in [-0.15, -0.1) is 21.5 Å². The summed E-state index contributed by atoms with van der Waals surface area (Å²) in [6, 6.07) is 0. The zero-order chi connectivity index (χ0) is 12.4. The summed E-state index contributed by atoms with van der Waals surface area (Å²) in [7, 11) is 1.68. The Labute approximate surface area is 113 Å². The van der Waals surface area contributed by atoms with Gasteiger partial charge in [0, 0.05) is 25.8 Å². The van der Waals surface area contributed by atoms with E-state index >= 15 is 0 Å². The number of rotatable bonds is 6. The van der Waals surface area contributed by atoms with Crippen LogP contribution >= 0.6 is 22.7 Å². The number of methoxy groups -OCH3 is 1. The van der Waals surface area contributed by atoms with E-state index in [0.29, 0.717) is 12.5 Å². The van der Waals surface area contributed by atoms with Crippen LogP contribution in [0.15, 0.2) is 6.20 Å². The van der Waals surface area contributed by atoms with Crippen LogP contribution in [0.25, 0.3) is 9.88 Å². The number of aromatic nitrogens is 3. The van der Waals surface area contributed by atoms with Crippen molar-refractivity contribution in [3.63, 3.8) is 0 Å². The fraction of sp³-hybridized carbons (Fsp3) is 0.545. The minimum atomic E-state index is 0.668. The number of anilines is 1. The Morgan fingerprint density at radius 3 is 3.06 bits per heavy atom. The third kappa shape index (κ3) is 2.68. The molecule has 5 nitrogen and oxygen atoms in total. The molecule has 0 saturated heterocycles. The van der Waals surface area contributed by atoms with Gasteiger partial charge in [0.1, 0.15) is 0 Å². The first-order valence-electron chi connectivity index (χ1n) is 5.89. The van der Waals surface area contributed by atoms with Gasteiger partial charge in [-0.05, 0) is 12.8 Å². The molecular weight excluding hydrogens is 268 g/mol. The molecule has 2 heterocycles. The minimum absolute atomic E-state index is 0.668. The van der Waals surface area contributed by atoms with Gasteiger partial charge in [-0.3, -0.25) is 0 Å². The van der Waals surface area contributed by atoms with Crippen LogP contribution < -0.4 is 5.32 Å². The number of nitrogens with zero attached hydrogens (tertiary/aromatic N) is 3. The Morgan fingerprint density at radius 2 is 2.28 bits per heavy atom. The normalized spacial score (nSPS) is 14.9. The highest BCUT2D eigenvalue weighted by atomic mass is 32.1. The quantitative estimate of drug-likeness (QED) is 0.825. The lowest BCUT2D eigenvalue weighted by molar-refractivity contribution is 0.211. The van der Waals surface area contributed by atoms with Crippen LogP contribution in [0.4, 0.5) is 5.13 Å². The molecule has 0 aromatic carbocycles. The molecule has 2 aromatic heterocycles. The number of hydrogen-bond donors (Lipinski definition) is 1. The van der Waals surface area contributed by atoms with Gasteiger partial charge in [0.05, 0.1) is 16.5 Å². The van der Waals surface area contributed by atoms with Crippen molar-refractivity contribution in [2.45, 2.75) is 18.8 Å². The van der Waals surface area contributed by atoms with Gasteiger partial charge in [0.15, 0.2) is 5.01 Å². The summed E-state index contributed by atoms with van der Waals surface area (Å²) < 4.78 is 4.98. The van der Waals surface area contributed by atoms with Crippen LogP contribution in [0.2, 0.25) is 0 Å². The van der Waals surface area contributed by atoms with Gasteiger partial charge in [-0.1, -0.05) is 11.3 Å². The number of thiazole rings is 1. The monoisotopic (exact) mass is 282 g/mol. The maximum atomic E-state index is 4.98. The highest BCUT2D eigenvalue weighted by Crippen LogP contribution is 2.43. The Morgan fingerprint density at radius 1 is 1.39 bits per heavy atom. The Balaban J connectivity index is 1.67. The van der Waals surface area contributed by atoms with Crippen molar-refractivity contribution in [1.82, 2.24) is 15.2 Å². The van der Waals surface area contributed by atoms with Crippen molar-refractivity contribution >= 4 is 27.8 Å². The third-order valence-electron chi connectivity index (χ3n) is 2.67. The highest BCUT2D eigenvalue weighted by Gasteiger charge is 2.27. The molecule has 1 aliphatic carbocycles. The van der Waals surface area contributed by atoms with Gasteiger partial charge in [0.2, 0.25) is 5.13 Å². The average Bonchev–Trinajstić information content (AvgIpc) is 2.93. The largest absolute Gasteiger partial charge is 0.383 e. The first kappa shape index (κ1) is 12.0. The molecule has 0 aliphatic heterocycles. The Hall–Kier alpha value is -1.05. The molecular formula is C11H14N4OS2. The standard InChI is InChI=1S/C11H14N4OS2/c1-16-5-4-12-11-15-14-10(18-11)8-6-13-9(17-8)7-2-3-7/h6-7H,2-5H2,1H3,(H,12,15). The van der Waals surface area contributed by atoms with E-state index in [2.05, 4.69) is 20.5 Å². The molecule has 18 heavy (non-hydrogen) atoms. The van der Waals surface area contributed by atoms with Crippen LogP contribution in [-0.2, 0) is 4.74 Å². The van der Waals surface area contributed by atoms with E-state index in [4.69, 9.17) is 4.74 Å². The lowest BCUT2D eigenvalue weighted by Gasteiger charge is -1.98. The fourth-order valence-corrected chi connectivity index (χ4v) is 3.45. The first-order valence-corrected chi connectivity index (χ1v) is 7.52. The van der Waals surface area contributed by atoms with Crippen LogP contribution in [-0.4, -0.2) is 35.4 Å². The van der Waals surface area contributed by atoms with Crippen LogP contribution in [0.5, 0.6) is 0 Å². The van der Waals surface area contributed by atoms with Crippen molar-refractivity contribution in [3.05, 3.63) is 11.2 Å².